The van der Waals surface area contributed by atoms with Gasteiger partial charge in [0, 0.05) is 5.02 Å². The lowest BCUT2D eigenvalue weighted by Gasteiger charge is -2.05. The molecule has 0 radical (unpaired) electrons. The molecule has 7 nitrogen and oxygen atoms in total. The maximum absolute atomic E-state index is 11.0. The Morgan fingerprint density at radius 2 is 2.16 bits per heavy atom. The van der Waals surface area contributed by atoms with Crippen LogP contribution in [-0.2, 0) is 14.3 Å². The van der Waals surface area contributed by atoms with Gasteiger partial charge in [-0.3, -0.25) is 4.18 Å². The Hall–Kier alpha value is -1.51. The molecule has 0 bridgehead atoms. The van der Waals surface area contributed by atoms with Gasteiger partial charge < -0.3 is 0 Å². The van der Waals surface area contributed by atoms with Crippen molar-refractivity contribution in [2.45, 2.75) is 13.0 Å². The summed E-state index contributed by atoms with van der Waals surface area (Å²) in [4.78, 5) is 1.25. The first-order valence-electron chi connectivity index (χ1n) is 5.29. The first-order chi connectivity index (χ1) is 8.85. The minimum absolute atomic E-state index is 0.172. The van der Waals surface area contributed by atoms with Gasteiger partial charge in [0.25, 0.3) is 10.1 Å². The molecule has 0 saturated heterocycles. The minimum atomic E-state index is -3.57. The zero-order valence-electron chi connectivity index (χ0n) is 10.2. The lowest BCUT2D eigenvalue weighted by Crippen LogP contribution is -2.09. The van der Waals surface area contributed by atoms with E-state index in [2.05, 4.69) is 15.4 Å². The van der Waals surface area contributed by atoms with Gasteiger partial charge in [0.2, 0.25) is 5.82 Å². The van der Waals surface area contributed by atoms with Gasteiger partial charge in [-0.2, -0.15) is 8.42 Å². The Kier molecular flexibility index (Phi) is 3.83. The van der Waals surface area contributed by atoms with Crippen LogP contribution in [0.1, 0.15) is 18.9 Å². The Morgan fingerprint density at radius 1 is 1.42 bits per heavy atom. The molecule has 9 heteroatoms. The smallest absolute Gasteiger partial charge is 0.259 e. The van der Waals surface area contributed by atoms with Crippen molar-refractivity contribution in [2.24, 2.45) is 0 Å². The van der Waals surface area contributed by atoms with Gasteiger partial charge in [-0.25, -0.2) is 0 Å². The molecule has 1 unspecified atom stereocenters. The highest BCUT2D eigenvalue weighted by atomic mass is 35.5. The van der Waals surface area contributed by atoms with Crippen LogP contribution in [0.4, 0.5) is 0 Å². The van der Waals surface area contributed by atoms with Gasteiger partial charge in [0.15, 0.2) is 0 Å². The highest BCUT2D eigenvalue weighted by molar-refractivity contribution is 7.86. The average Bonchev–Trinajstić information content (AvgIpc) is 2.75. The molecule has 0 aliphatic rings. The topological polar surface area (TPSA) is 87.0 Å². The third-order valence-electron chi connectivity index (χ3n) is 2.15. The van der Waals surface area contributed by atoms with E-state index < -0.39 is 16.2 Å². The molecule has 1 aromatic carbocycles. The summed E-state index contributed by atoms with van der Waals surface area (Å²) in [7, 11) is -3.57. The number of aromatic nitrogens is 4. The summed E-state index contributed by atoms with van der Waals surface area (Å²) in [5, 5.41) is 12.2. The van der Waals surface area contributed by atoms with E-state index in [1.165, 1.54) is 11.7 Å². The quantitative estimate of drug-likeness (QED) is 0.792. The van der Waals surface area contributed by atoms with Crippen molar-refractivity contribution in [3.63, 3.8) is 0 Å². The summed E-state index contributed by atoms with van der Waals surface area (Å²) >= 11 is 5.86. The lowest BCUT2D eigenvalue weighted by atomic mass is 10.3. The van der Waals surface area contributed by atoms with Crippen LogP contribution >= 0.6 is 11.6 Å². The number of hydrogen-bond acceptors (Lipinski definition) is 6. The number of halogens is 1. The maximum Gasteiger partial charge on any atom is 0.265 e. The summed E-state index contributed by atoms with van der Waals surface area (Å²) in [6.45, 7) is 1.53. The van der Waals surface area contributed by atoms with Crippen LogP contribution in [0.3, 0.4) is 0 Å². The maximum atomic E-state index is 11.0. The number of hydrogen-bond donors (Lipinski definition) is 0. The molecule has 2 rings (SSSR count). The van der Waals surface area contributed by atoms with Gasteiger partial charge in [0.05, 0.1) is 11.9 Å². The fraction of sp³-hybridized carbons (Fsp3) is 0.300. The van der Waals surface area contributed by atoms with Crippen molar-refractivity contribution in [3.8, 4) is 5.69 Å². The predicted octanol–water partition coefficient (Wildman–Crippen LogP) is 1.35. The van der Waals surface area contributed by atoms with Gasteiger partial charge in [-0.05, 0) is 30.3 Å². The highest BCUT2D eigenvalue weighted by Gasteiger charge is 2.18. The molecule has 0 aliphatic carbocycles. The summed E-state index contributed by atoms with van der Waals surface area (Å²) < 4.78 is 26.8. The molecule has 0 N–H and O–H groups in total. The van der Waals surface area contributed by atoms with Gasteiger partial charge in [-0.15, -0.1) is 15.0 Å². The van der Waals surface area contributed by atoms with E-state index in [0.29, 0.717) is 10.7 Å². The summed E-state index contributed by atoms with van der Waals surface area (Å²) in [5.41, 5.74) is 0.623. The SMILES string of the molecule is CC(OS(C)(=O)=O)c1nnn(-c2cccc(Cl)c2)n1. The van der Waals surface area contributed by atoms with Crippen LogP contribution < -0.4 is 0 Å². The van der Waals surface area contributed by atoms with Gasteiger partial charge in [0.1, 0.15) is 6.10 Å². The van der Waals surface area contributed by atoms with Crippen molar-refractivity contribution < 1.29 is 12.6 Å². The van der Waals surface area contributed by atoms with Crippen LogP contribution in [0.15, 0.2) is 24.3 Å². The second kappa shape index (κ2) is 5.24. The Bertz CT molecular complexity index is 686. The Morgan fingerprint density at radius 3 is 2.79 bits per heavy atom. The van der Waals surface area contributed by atoms with Crippen LogP contribution in [0, 0.1) is 0 Å². The first-order valence-corrected chi connectivity index (χ1v) is 7.49. The summed E-state index contributed by atoms with van der Waals surface area (Å²) in [6, 6.07) is 6.88. The van der Waals surface area contributed by atoms with Crippen molar-refractivity contribution in [3.05, 3.63) is 35.1 Å². The van der Waals surface area contributed by atoms with E-state index in [4.69, 9.17) is 15.8 Å². The third kappa shape index (κ3) is 3.72. The van der Waals surface area contributed by atoms with Crippen LogP contribution in [0.25, 0.3) is 5.69 Å². The molecule has 19 heavy (non-hydrogen) atoms. The normalized spacial score (nSPS) is 13.4. The van der Waals surface area contributed by atoms with E-state index >= 15 is 0 Å². The Balaban J connectivity index is 2.24. The summed E-state index contributed by atoms with van der Waals surface area (Å²) in [5.74, 6) is 0.172. The molecular weight excluding hydrogens is 292 g/mol. The largest absolute Gasteiger partial charge is 0.265 e. The molecule has 0 spiro atoms. The standard InChI is InChI=1S/C10H11ClN4O3S/c1-7(18-19(2,16)17)10-12-14-15(13-10)9-5-3-4-8(11)6-9/h3-7H,1-2H3. The molecule has 2 aromatic rings. The van der Waals surface area contributed by atoms with Crippen molar-refractivity contribution in [2.75, 3.05) is 6.26 Å². The number of rotatable bonds is 4. The lowest BCUT2D eigenvalue weighted by molar-refractivity contribution is 0.226. The third-order valence-corrected chi connectivity index (χ3v) is 3.02. The zero-order valence-corrected chi connectivity index (χ0v) is 11.8. The molecule has 0 fully saturated rings. The zero-order chi connectivity index (χ0) is 14.0. The fourth-order valence-electron chi connectivity index (χ4n) is 1.40. The second-order valence-electron chi connectivity index (χ2n) is 3.86. The number of tetrazole rings is 1. The van der Waals surface area contributed by atoms with Crippen molar-refractivity contribution in [1.29, 1.82) is 0 Å². The van der Waals surface area contributed by atoms with E-state index in [1.807, 2.05) is 0 Å². The van der Waals surface area contributed by atoms with E-state index in [0.717, 1.165) is 6.26 Å². The van der Waals surface area contributed by atoms with E-state index in [1.54, 1.807) is 24.3 Å². The first kappa shape index (κ1) is 13.9. The Labute approximate surface area is 115 Å². The van der Waals surface area contributed by atoms with E-state index in [9.17, 15) is 8.42 Å². The second-order valence-corrected chi connectivity index (χ2v) is 5.90. The van der Waals surface area contributed by atoms with Gasteiger partial charge in [-0.1, -0.05) is 17.7 Å². The predicted molar refractivity (Wildman–Crippen MR) is 68.5 cm³/mol. The molecule has 0 saturated carbocycles. The van der Waals surface area contributed by atoms with Crippen LogP contribution in [-0.4, -0.2) is 34.9 Å². The van der Waals surface area contributed by atoms with Gasteiger partial charge >= 0.3 is 0 Å². The minimum Gasteiger partial charge on any atom is -0.259 e. The van der Waals surface area contributed by atoms with Crippen molar-refractivity contribution in [1.82, 2.24) is 20.2 Å². The van der Waals surface area contributed by atoms with E-state index in [-0.39, 0.29) is 5.82 Å². The molecule has 102 valence electrons. The molecule has 1 heterocycles. The number of nitrogens with zero attached hydrogens (tertiary/aromatic N) is 4. The van der Waals surface area contributed by atoms with Crippen LogP contribution in [0.5, 0.6) is 0 Å². The summed E-state index contributed by atoms with van der Waals surface area (Å²) in [6.07, 6.45) is 0.160. The molecule has 0 aliphatic heterocycles. The number of benzene rings is 1. The monoisotopic (exact) mass is 302 g/mol. The molecule has 0 amide bonds. The van der Waals surface area contributed by atoms with Crippen molar-refractivity contribution >= 4 is 21.7 Å². The average molecular weight is 303 g/mol. The van der Waals surface area contributed by atoms with Crippen LogP contribution in [0.2, 0.25) is 5.02 Å². The molecule has 1 aromatic heterocycles. The molecular formula is C10H11ClN4O3S. The highest BCUT2D eigenvalue weighted by Crippen LogP contribution is 2.16. The fourth-order valence-corrected chi connectivity index (χ4v) is 2.20. The molecule has 1 atom stereocenters.